The maximum absolute atomic E-state index is 12.2. The van der Waals surface area contributed by atoms with Gasteiger partial charge in [-0.3, -0.25) is 4.79 Å². The van der Waals surface area contributed by atoms with E-state index < -0.39 is 0 Å². The molecule has 0 atom stereocenters. The number of amides is 1. The quantitative estimate of drug-likeness (QED) is 0.348. The van der Waals surface area contributed by atoms with Gasteiger partial charge in [-0.25, -0.2) is 14.5 Å². The van der Waals surface area contributed by atoms with Crippen LogP contribution in [-0.4, -0.2) is 39.0 Å². The molecule has 0 saturated heterocycles. The highest BCUT2D eigenvalue weighted by atomic mass is 32.2. The Bertz CT molecular complexity index is 985. The number of hydrogen-bond acceptors (Lipinski definition) is 6. The molecular weight excluding hydrogens is 388 g/mol. The van der Waals surface area contributed by atoms with Crippen molar-refractivity contribution < 1.29 is 14.3 Å². The fourth-order valence-electron chi connectivity index (χ4n) is 2.38. The normalized spacial score (nSPS) is 10.8. The first-order valence-electron chi connectivity index (χ1n) is 8.98. The van der Waals surface area contributed by atoms with Gasteiger partial charge in [0.2, 0.25) is 11.1 Å². The van der Waals surface area contributed by atoms with Crippen LogP contribution in [0.5, 0.6) is 0 Å². The van der Waals surface area contributed by atoms with Crippen LogP contribution in [0.25, 0.3) is 11.8 Å². The number of benzene rings is 2. The summed E-state index contributed by atoms with van der Waals surface area (Å²) in [6.45, 7) is 2.10. The third-order valence-electron chi connectivity index (χ3n) is 3.72. The first-order chi connectivity index (χ1) is 14.1. The summed E-state index contributed by atoms with van der Waals surface area (Å²) in [6.07, 6.45) is 4.65. The molecule has 2 aromatic carbocycles. The number of esters is 1. The zero-order chi connectivity index (χ0) is 20.5. The predicted octanol–water partition coefficient (Wildman–Crippen LogP) is 3.57. The van der Waals surface area contributed by atoms with Crippen LogP contribution in [0.4, 0.5) is 5.69 Å². The molecule has 0 bridgehead atoms. The molecule has 0 aliphatic carbocycles. The molecule has 7 nitrogen and oxygen atoms in total. The van der Waals surface area contributed by atoms with Crippen molar-refractivity contribution in [2.24, 2.45) is 0 Å². The van der Waals surface area contributed by atoms with Crippen molar-refractivity contribution in [2.75, 3.05) is 17.7 Å². The van der Waals surface area contributed by atoms with E-state index in [2.05, 4.69) is 15.4 Å². The fraction of sp³-hybridized carbons (Fsp3) is 0.143. The molecule has 0 aliphatic heterocycles. The molecule has 0 aliphatic rings. The molecule has 8 heteroatoms. The SMILES string of the molecule is CCOC(=O)/C=C/c1ccc(NC(=O)CSc2ncn(-c3ccccc3)n2)cc1. The lowest BCUT2D eigenvalue weighted by Gasteiger charge is -2.04. The molecule has 0 unspecified atom stereocenters. The lowest BCUT2D eigenvalue weighted by molar-refractivity contribution is -0.137. The number of nitrogens with zero attached hydrogens (tertiary/aromatic N) is 3. The van der Waals surface area contributed by atoms with E-state index in [1.807, 2.05) is 42.5 Å². The lowest BCUT2D eigenvalue weighted by Crippen LogP contribution is -2.14. The van der Waals surface area contributed by atoms with E-state index in [-0.39, 0.29) is 17.6 Å². The maximum atomic E-state index is 12.2. The van der Waals surface area contributed by atoms with Crippen LogP contribution in [-0.2, 0) is 14.3 Å². The molecule has 3 rings (SSSR count). The molecule has 0 fully saturated rings. The van der Waals surface area contributed by atoms with E-state index in [9.17, 15) is 9.59 Å². The van der Waals surface area contributed by atoms with Gasteiger partial charge in [0.05, 0.1) is 18.0 Å². The number of nitrogens with one attached hydrogen (secondary N) is 1. The summed E-state index contributed by atoms with van der Waals surface area (Å²) in [5, 5.41) is 7.72. The molecule has 1 aromatic heterocycles. The number of ether oxygens (including phenoxy) is 1. The van der Waals surface area contributed by atoms with Gasteiger partial charge in [0, 0.05) is 11.8 Å². The molecule has 0 spiro atoms. The van der Waals surface area contributed by atoms with E-state index in [0.29, 0.717) is 17.5 Å². The van der Waals surface area contributed by atoms with Crippen LogP contribution < -0.4 is 5.32 Å². The van der Waals surface area contributed by atoms with Gasteiger partial charge in [0.15, 0.2) is 0 Å². The second-order valence-electron chi connectivity index (χ2n) is 5.85. The molecule has 148 valence electrons. The highest BCUT2D eigenvalue weighted by Gasteiger charge is 2.08. The second-order valence-corrected chi connectivity index (χ2v) is 6.79. The monoisotopic (exact) mass is 408 g/mol. The molecule has 0 saturated carbocycles. The summed E-state index contributed by atoms with van der Waals surface area (Å²) in [7, 11) is 0. The summed E-state index contributed by atoms with van der Waals surface area (Å²) in [5.41, 5.74) is 2.42. The van der Waals surface area contributed by atoms with Crippen molar-refractivity contribution in [1.82, 2.24) is 14.8 Å². The van der Waals surface area contributed by atoms with Gasteiger partial charge in [-0.1, -0.05) is 42.1 Å². The van der Waals surface area contributed by atoms with Gasteiger partial charge in [-0.15, -0.1) is 5.10 Å². The van der Waals surface area contributed by atoms with Gasteiger partial charge in [-0.05, 0) is 42.8 Å². The molecule has 1 N–H and O–H groups in total. The lowest BCUT2D eigenvalue weighted by atomic mass is 10.2. The average molecular weight is 408 g/mol. The first-order valence-corrected chi connectivity index (χ1v) is 9.97. The number of thioether (sulfide) groups is 1. The van der Waals surface area contributed by atoms with Crippen LogP contribution in [0, 0.1) is 0 Å². The van der Waals surface area contributed by atoms with Gasteiger partial charge >= 0.3 is 5.97 Å². The fourth-order valence-corrected chi connectivity index (χ4v) is 2.98. The van der Waals surface area contributed by atoms with Crippen molar-refractivity contribution in [3.05, 3.63) is 72.6 Å². The Kier molecular flexibility index (Phi) is 7.18. The number of para-hydroxylation sites is 1. The largest absolute Gasteiger partial charge is 0.463 e. The second kappa shape index (κ2) is 10.2. The van der Waals surface area contributed by atoms with Crippen molar-refractivity contribution in [3.8, 4) is 5.69 Å². The van der Waals surface area contributed by atoms with Crippen molar-refractivity contribution in [1.29, 1.82) is 0 Å². The van der Waals surface area contributed by atoms with E-state index in [1.165, 1.54) is 17.8 Å². The Balaban J connectivity index is 1.48. The summed E-state index contributed by atoms with van der Waals surface area (Å²) in [4.78, 5) is 27.7. The minimum absolute atomic E-state index is 0.152. The number of carbonyl (C=O) groups is 2. The van der Waals surface area contributed by atoms with E-state index in [1.54, 1.807) is 36.1 Å². The topological polar surface area (TPSA) is 86.1 Å². The number of aromatic nitrogens is 3. The Hall–Kier alpha value is -3.39. The minimum atomic E-state index is -0.384. The van der Waals surface area contributed by atoms with Gasteiger partial charge in [-0.2, -0.15) is 0 Å². The van der Waals surface area contributed by atoms with Gasteiger partial charge in [0.25, 0.3) is 0 Å². The highest BCUT2D eigenvalue weighted by Crippen LogP contribution is 2.16. The van der Waals surface area contributed by atoms with Crippen molar-refractivity contribution >= 4 is 35.4 Å². The van der Waals surface area contributed by atoms with E-state index >= 15 is 0 Å². The van der Waals surface area contributed by atoms with E-state index in [0.717, 1.165) is 11.3 Å². The standard InChI is InChI=1S/C21H20N4O3S/c1-2-28-20(27)13-10-16-8-11-17(12-9-16)23-19(26)14-29-21-22-15-25(24-21)18-6-4-3-5-7-18/h3-13,15H,2,14H2,1H3,(H,23,26)/b13-10+. The predicted molar refractivity (Wildman–Crippen MR) is 113 cm³/mol. The number of anilines is 1. The molecule has 29 heavy (non-hydrogen) atoms. The number of carbonyl (C=O) groups excluding carboxylic acids is 2. The minimum Gasteiger partial charge on any atom is -0.463 e. The summed E-state index contributed by atoms with van der Waals surface area (Å²) in [5.74, 6) is -0.338. The molecule has 1 amide bonds. The summed E-state index contributed by atoms with van der Waals surface area (Å²) >= 11 is 1.26. The molecule has 0 radical (unpaired) electrons. The van der Waals surface area contributed by atoms with Crippen LogP contribution in [0.3, 0.4) is 0 Å². The van der Waals surface area contributed by atoms with Crippen LogP contribution in [0.2, 0.25) is 0 Å². The van der Waals surface area contributed by atoms with Crippen LogP contribution in [0.15, 0.2) is 72.2 Å². The molecule has 3 aromatic rings. The third-order valence-corrected chi connectivity index (χ3v) is 4.57. The van der Waals surface area contributed by atoms with Crippen LogP contribution in [0.1, 0.15) is 12.5 Å². The smallest absolute Gasteiger partial charge is 0.330 e. The Morgan fingerprint density at radius 2 is 1.90 bits per heavy atom. The number of hydrogen-bond donors (Lipinski definition) is 1. The van der Waals surface area contributed by atoms with Gasteiger partial charge < -0.3 is 10.1 Å². The third kappa shape index (κ3) is 6.32. The van der Waals surface area contributed by atoms with Crippen LogP contribution >= 0.6 is 11.8 Å². The average Bonchev–Trinajstić information content (AvgIpc) is 3.22. The Morgan fingerprint density at radius 3 is 2.62 bits per heavy atom. The first kappa shape index (κ1) is 20.3. The Labute approximate surface area is 172 Å². The maximum Gasteiger partial charge on any atom is 0.330 e. The van der Waals surface area contributed by atoms with Crippen molar-refractivity contribution in [3.63, 3.8) is 0 Å². The number of rotatable bonds is 8. The summed E-state index contributed by atoms with van der Waals surface area (Å²) < 4.78 is 6.50. The zero-order valence-corrected chi connectivity index (χ0v) is 16.6. The Morgan fingerprint density at radius 1 is 1.14 bits per heavy atom. The zero-order valence-electron chi connectivity index (χ0n) is 15.8. The molecule has 1 heterocycles. The van der Waals surface area contributed by atoms with Crippen molar-refractivity contribution in [2.45, 2.75) is 12.1 Å². The highest BCUT2D eigenvalue weighted by molar-refractivity contribution is 7.99. The van der Waals surface area contributed by atoms with E-state index in [4.69, 9.17) is 4.74 Å². The summed E-state index contributed by atoms with van der Waals surface area (Å²) in [6, 6.07) is 16.8. The van der Waals surface area contributed by atoms with Gasteiger partial charge in [0.1, 0.15) is 6.33 Å². The molecular formula is C21H20N4O3S.